The van der Waals surface area contributed by atoms with E-state index in [-0.39, 0.29) is 24.9 Å². The Bertz CT molecular complexity index is 1540. The summed E-state index contributed by atoms with van der Waals surface area (Å²) in [6, 6.07) is 23.8. The van der Waals surface area contributed by atoms with Gasteiger partial charge in [-0.25, -0.2) is 13.2 Å². The summed E-state index contributed by atoms with van der Waals surface area (Å²) in [6.45, 7) is 2.76. The molecule has 9 nitrogen and oxygen atoms in total. The lowest BCUT2D eigenvalue weighted by Gasteiger charge is -2.18. The summed E-state index contributed by atoms with van der Waals surface area (Å²) in [5.41, 5.74) is 2.93. The summed E-state index contributed by atoms with van der Waals surface area (Å²) < 4.78 is 33.4. The number of anilines is 1. The van der Waals surface area contributed by atoms with Gasteiger partial charge in [0, 0.05) is 23.5 Å². The van der Waals surface area contributed by atoms with Crippen molar-refractivity contribution in [2.45, 2.75) is 32.0 Å². The van der Waals surface area contributed by atoms with Gasteiger partial charge in [0.1, 0.15) is 24.2 Å². The van der Waals surface area contributed by atoms with Crippen LogP contribution in [0.4, 0.5) is 5.69 Å². The Morgan fingerprint density at radius 2 is 1.74 bits per heavy atom. The summed E-state index contributed by atoms with van der Waals surface area (Å²) in [5.74, 6) is -0.358. The number of sulfonamides is 1. The first-order valence-corrected chi connectivity index (χ1v) is 14.5. The second-order valence-corrected chi connectivity index (χ2v) is 11.4. The van der Waals surface area contributed by atoms with Crippen LogP contribution in [0.1, 0.15) is 28.5 Å². The predicted octanol–water partition coefficient (Wildman–Crippen LogP) is 3.72. The fourth-order valence-corrected chi connectivity index (χ4v) is 5.05. The van der Waals surface area contributed by atoms with Crippen LogP contribution in [0, 0.1) is 0 Å². The van der Waals surface area contributed by atoms with E-state index < -0.39 is 22.1 Å². The number of aromatic nitrogens is 1. The van der Waals surface area contributed by atoms with E-state index in [9.17, 15) is 23.4 Å². The van der Waals surface area contributed by atoms with Crippen LogP contribution in [0.5, 0.6) is 5.75 Å². The Morgan fingerprint density at radius 3 is 2.46 bits per heavy atom. The third-order valence-electron chi connectivity index (χ3n) is 6.26. The maximum Gasteiger partial charge on any atom is 0.352 e. The van der Waals surface area contributed by atoms with Gasteiger partial charge in [-0.3, -0.25) is 4.72 Å². The maximum atomic E-state index is 12.1. The van der Waals surface area contributed by atoms with E-state index in [1.807, 2.05) is 55.5 Å². The molecule has 0 aliphatic rings. The summed E-state index contributed by atoms with van der Waals surface area (Å²) >= 11 is 0. The number of rotatable bonds is 13. The summed E-state index contributed by atoms with van der Waals surface area (Å²) in [6.07, 6.45) is 1.09. The van der Waals surface area contributed by atoms with Crippen molar-refractivity contribution in [3.05, 3.63) is 95.7 Å². The van der Waals surface area contributed by atoms with Crippen LogP contribution in [0.15, 0.2) is 78.9 Å². The van der Waals surface area contributed by atoms with Crippen LogP contribution in [-0.4, -0.2) is 60.7 Å². The molecular weight excluding hydrogens is 518 g/mol. The lowest BCUT2D eigenvalue weighted by molar-refractivity contribution is 0.0686. The Hall–Kier alpha value is -3.86. The second-order valence-electron chi connectivity index (χ2n) is 9.64. The number of benzene rings is 3. The number of carboxylic acids is 1. The second kappa shape index (κ2) is 12.3. The minimum absolute atomic E-state index is 0.0591. The highest BCUT2D eigenvalue weighted by molar-refractivity contribution is 7.92. The van der Waals surface area contributed by atoms with Gasteiger partial charge in [-0.2, -0.15) is 0 Å². The van der Waals surface area contributed by atoms with Gasteiger partial charge < -0.3 is 24.8 Å². The number of aliphatic hydroxyl groups is 1. The molecule has 10 heteroatoms. The highest BCUT2D eigenvalue weighted by atomic mass is 32.2. The molecule has 0 unspecified atom stereocenters. The van der Waals surface area contributed by atoms with Crippen molar-refractivity contribution in [2.75, 3.05) is 24.1 Å². The number of aliphatic hydroxyl groups excluding tert-OH is 1. The number of aromatic carboxylic acids is 1. The van der Waals surface area contributed by atoms with Crippen molar-refractivity contribution in [3.8, 4) is 5.75 Å². The number of nitrogens with zero attached hydrogens (tertiary/aromatic N) is 1. The van der Waals surface area contributed by atoms with Crippen molar-refractivity contribution in [3.63, 3.8) is 0 Å². The Balaban J connectivity index is 1.44. The molecule has 0 saturated heterocycles. The smallest absolute Gasteiger partial charge is 0.352 e. The third kappa shape index (κ3) is 7.82. The van der Waals surface area contributed by atoms with E-state index in [1.165, 1.54) is 0 Å². The number of fused-ring (bicyclic) bond motifs is 1. The fraction of sp³-hybridized carbons (Fsp3) is 0.276. The van der Waals surface area contributed by atoms with Crippen LogP contribution >= 0.6 is 0 Å². The molecule has 206 valence electrons. The lowest BCUT2D eigenvalue weighted by atomic mass is 10.0. The topological polar surface area (TPSA) is 130 Å². The van der Waals surface area contributed by atoms with E-state index >= 15 is 0 Å². The number of carboxylic acid groups (broad SMARTS) is 1. The van der Waals surface area contributed by atoms with Gasteiger partial charge in [-0.05, 0) is 60.9 Å². The quantitative estimate of drug-likeness (QED) is 0.199. The minimum atomic E-state index is -3.50. The van der Waals surface area contributed by atoms with Gasteiger partial charge in [-0.15, -0.1) is 0 Å². The highest BCUT2D eigenvalue weighted by Crippen LogP contribution is 2.26. The van der Waals surface area contributed by atoms with Crippen LogP contribution < -0.4 is 14.8 Å². The minimum Gasteiger partial charge on any atom is -0.491 e. The van der Waals surface area contributed by atoms with Crippen molar-refractivity contribution in [1.82, 2.24) is 9.88 Å². The fourth-order valence-electron chi connectivity index (χ4n) is 4.45. The van der Waals surface area contributed by atoms with Gasteiger partial charge in [0.2, 0.25) is 10.0 Å². The molecule has 4 N–H and O–H groups in total. The molecule has 2 atom stereocenters. The number of ether oxygens (including phenoxy) is 1. The van der Waals surface area contributed by atoms with Crippen LogP contribution in [0.2, 0.25) is 0 Å². The van der Waals surface area contributed by atoms with Gasteiger partial charge >= 0.3 is 5.97 Å². The average molecular weight is 552 g/mol. The molecule has 0 bridgehead atoms. The zero-order chi connectivity index (χ0) is 28.0. The molecule has 4 aromatic rings. The molecule has 0 radical (unpaired) electrons. The van der Waals surface area contributed by atoms with Gasteiger partial charge in [0.15, 0.2) is 0 Å². The van der Waals surface area contributed by atoms with Gasteiger partial charge in [0.05, 0.1) is 18.5 Å². The maximum absolute atomic E-state index is 12.1. The van der Waals surface area contributed by atoms with Crippen molar-refractivity contribution >= 4 is 32.6 Å². The molecule has 39 heavy (non-hydrogen) atoms. The number of carbonyl (C=O) groups is 1. The number of para-hydroxylation sites is 2. The molecule has 3 aromatic carbocycles. The van der Waals surface area contributed by atoms with E-state index in [0.717, 1.165) is 22.7 Å². The Morgan fingerprint density at radius 1 is 1.03 bits per heavy atom. The Kier molecular flexibility index (Phi) is 8.90. The summed E-state index contributed by atoms with van der Waals surface area (Å²) in [4.78, 5) is 12.1. The number of nitrogens with one attached hydrogen (secondary N) is 2. The van der Waals surface area contributed by atoms with E-state index in [2.05, 4.69) is 10.0 Å². The molecule has 1 aromatic heterocycles. The van der Waals surface area contributed by atoms with E-state index in [1.54, 1.807) is 34.9 Å². The highest BCUT2D eigenvalue weighted by Gasteiger charge is 2.18. The van der Waals surface area contributed by atoms with Gasteiger partial charge in [-0.1, -0.05) is 42.5 Å². The standard InChI is InChI=1S/C29H33N3O6S/c1-20(30-17-24(33)19-38-25-9-4-3-5-10-25)14-21-12-13-27-23(15-21)16-28(29(34)35)32(27)18-22-8-6-7-11-26(22)31-39(2,36)37/h3-13,15-16,20,24,30-31,33H,14,17-19H2,1-2H3,(H,34,35)/t20-,24-/m1/s1. The zero-order valence-electron chi connectivity index (χ0n) is 21.9. The number of hydrogen-bond acceptors (Lipinski definition) is 6. The number of hydrogen-bond donors (Lipinski definition) is 4. The van der Waals surface area contributed by atoms with E-state index in [0.29, 0.717) is 30.0 Å². The molecule has 4 rings (SSSR count). The van der Waals surface area contributed by atoms with Gasteiger partial charge in [0.25, 0.3) is 0 Å². The van der Waals surface area contributed by atoms with Crippen molar-refractivity contribution < 1.29 is 28.2 Å². The van der Waals surface area contributed by atoms with Crippen LogP contribution in [-0.2, 0) is 23.0 Å². The van der Waals surface area contributed by atoms with Crippen molar-refractivity contribution in [2.24, 2.45) is 0 Å². The lowest BCUT2D eigenvalue weighted by Crippen LogP contribution is -2.37. The Labute approximate surface area is 228 Å². The molecule has 1 heterocycles. The molecule has 0 amide bonds. The van der Waals surface area contributed by atoms with E-state index in [4.69, 9.17) is 4.74 Å². The average Bonchev–Trinajstić information content (AvgIpc) is 3.25. The molecule has 0 fully saturated rings. The third-order valence-corrected chi connectivity index (χ3v) is 6.85. The predicted molar refractivity (Wildman–Crippen MR) is 152 cm³/mol. The SMILES string of the molecule is C[C@H](Cc1ccc2c(c1)cc(C(=O)O)n2Cc1ccccc1NS(C)(=O)=O)NC[C@@H](O)COc1ccccc1. The molecule has 0 aliphatic carbocycles. The summed E-state index contributed by atoms with van der Waals surface area (Å²) in [7, 11) is -3.50. The largest absolute Gasteiger partial charge is 0.491 e. The normalized spacial score (nSPS) is 13.2. The summed E-state index contributed by atoms with van der Waals surface area (Å²) in [5, 5.41) is 24.3. The molecule has 0 aliphatic heterocycles. The molecule has 0 spiro atoms. The van der Waals surface area contributed by atoms with Crippen molar-refractivity contribution in [1.29, 1.82) is 0 Å². The first kappa shape index (κ1) is 28.2. The first-order valence-electron chi connectivity index (χ1n) is 12.6. The zero-order valence-corrected chi connectivity index (χ0v) is 22.7. The first-order chi connectivity index (χ1) is 18.6. The molecular formula is C29H33N3O6S. The van der Waals surface area contributed by atoms with Crippen LogP contribution in [0.25, 0.3) is 10.9 Å². The molecule has 0 saturated carbocycles. The van der Waals surface area contributed by atoms with Crippen LogP contribution in [0.3, 0.4) is 0 Å². The monoisotopic (exact) mass is 551 g/mol.